The quantitative estimate of drug-likeness (QED) is 0.374. The van der Waals surface area contributed by atoms with Crippen molar-refractivity contribution in [2.75, 3.05) is 16.2 Å². The molecule has 4 aromatic rings. The van der Waals surface area contributed by atoms with Crippen molar-refractivity contribution >= 4 is 38.1 Å². The number of nitrogens with one attached hydrogen (secondary N) is 1. The summed E-state index contributed by atoms with van der Waals surface area (Å²) in [5.74, 6) is -0.0179. The van der Waals surface area contributed by atoms with Gasteiger partial charge in [-0.15, -0.1) is 0 Å². The van der Waals surface area contributed by atoms with E-state index in [0.717, 1.165) is 34.9 Å². The molecule has 1 amide bonds. The third-order valence-corrected chi connectivity index (χ3v) is 8.11. The molecule has 3 N–H and O–H groups in total. The number of sulfonamides is 1. The number of nitrogens with two attached hydrogens (primary N) is 1. The van der Waals surface area contributed by atoms with E-state index in [1.54, 1.807) is 29.2 Å². The van der Waals surface area contributed by atoms with Gasteiger partial charge in [0.15, 0.2) is 0 Å². The standard InChI is InChI=1S/C29H29N3O3S/c30-20-22-15-13-21(14-16-22)17-18-28(33)32-19-5-9-24-8-3-11-26(29(24)32)31-36(34,35)27-12-4-7-23-6-1-2-10-25(23)27/h1-4,6-8,10-16,31H,5,9,17-20,30H2. The van der Waals surface area contributed by atoms with Gasteiger partial charge in [-0.25, -0.2) is 8.42 Å². The van der Waals surface area contributed by atoms with Crippen molar-refractivity contribution in [2.24, 2.45) is 5.73 Å². The summed E-state index contributed by atoms with van der Waals surface area (Å²) in [7, 11) is -3.88. The molecule has 0 aromatic heterocycles. The van der Waals surface area contributed by atoms with Crippen molar-refractivity contribution in [1.82, 2.24) is 0 Å². The van der Waals surface area contributed by atoms with Gasteiger partial charge >= 0.3 is 0 Å². The predicted molar refractivity (Wildman–Crippen MR) is 145 cm³/mol. The molecule has 7 heteroatoms. The van der Waals surface area contributed by atoms with Gasteiger partial charge in [-0.2, -0.15) is 0 Å². The van der Waals surface area contributed by atoms with Crippen LogP contribution in [0.25, 0.3) is 10.8 Å². The average Bonchev–Trinajstić information content (AvgIpc) is 2.91. The van der Waals surface area contributed by atoms with Gasteiger partial charge in [-0.05, 0) is 53.5 Å². The number of benzene rings is 4. The fraction of sp³-hybridized carbons (Fsp3) is 0.207. The highest BCUT2D eigenvalue weighted by atomic mass is 32.2. The first kappa shape index (κ1) is 24.0. The molecule has 4 aromatic carbocycles. The number of para-hydroxylation sites is 1. The Morgan fingerprint density at radius 1 is 0.889 bits per heavy atom. The summed E-state index contributed by atoms with van der Waals surface area (Å²) in [6, 6.07) is 26.2. The zero-order valence-electron chi connectivity index (χ0n) is 20.0. The smallest absolute Gasteiger partial charge is 0.262 e. The van der Waals surface area contributed by atoms with E-state index in [2.05, 4.69) is 4.72 Å². The summed E-state index contributed by atoms with van der Waals surface area (Å²) in [6.45, 7) is 1.05. The fourth-order valence-corrected chi connectivity index (χ4v) is 6.14. The van der Waals surface area contributed by atoms with Crippen LogP contribution in [0.15, 0.2) is 89.8 Å². The number of anilines is 2. The Morgan fingerprint density at radius 2 is 1.61 bits per heavy atom. The van der Waals surface area contributed by atoms with Crippen LogP contribution in [0, 0.1) is 0 Å². The maximum Gasteiger partial charge on any atom is 0.262 e. The molecular weight excluding hydrogens is 470 g/mol. The molecule has 0 fully saturated rings. The van der Waals surface area contributed by atoms with E-state index in [1.165, 1.54) is 0 Å². The van der Waals surface area contributed by atoms with Crippen LogP contribution in [0.5, 0.6) is 0 Å². The van der Waals surface area contributed by atoms with Gasteiger partial charge in [0.2, 0.25) is 5.91 Å². The van der Waals surface area contributed by atoms with Crippen molar-refractivity contribution < 1.29 is 13.2 Å². The number of fused-ring (bicyclic) bond motifs is 2. The van der Waals surface area contributed by atoms with Gasteiger partial charge < -0.3 is 10.6 Å². The second-order valence-electron chi connectivity index (χ2n) is 9.07. The highest BCUT2D eigenvalue weighted by Gasteiger charge is 2.27. The lowest BCUT2D eigenvalue weighted by Gasteiger charge is -2.32. The SMILES string of the molecule is NCc1ccc(CCC(=O)N2CCCc3cccc(NS(=O)(=O)c4cccc5ccccc45)c32)cc1. The molecule has 0 saturated heterocycles. The van der Waals surface area contributed by atoms with Gasteiger partial charge in [0, 0.05) is 24.9 Å². The van der Waals surface area contributed by atoms with Crippen molar-refractivity contribution in [2.45, 2.75) is 37.1 Å². The molecule has 5 rings (SSSR count). The van der Waals surface area contributed by atoms with Crippen molar-refractivity contribution in [3.8, 4) is 0 Å². The Morgan fingerprint density at radius 3 is 2.42 bits per heavy atom. The summed E-state index contributed by atoms with van der Waals surface area (Å²) >= 11 is 0. The van der Waals surface area contributed by atoms with E-state index in [1.807, 2.05) is 60.7 Å². The summed E-state index contributed by atoms with van der Waals surface area (Å²) in [6.07, 6.45) is 2.58. The van der Waals surface area contributed by atoms with Crippen LogP contribution >= 0.6 is 0 Å². The van der Waals surface area contributed by atoms with E-state index >= 15 is 0 Å². The molecule has 6 nitrogen and oxygen atoms in total. The lowest BCUT2D eigenvalue weighted by molar-refractivity contribution is -0.118. The highest BCUT2D eigenvalue weighted by molar-refractivity contribution is 7.93. The van der Waals surface area contributed by atoms with Gasteiger partial charge in [0.05, 0.1) is 16.3 Å². The number of hydrogen-bond donors (Lipinski definition) is 2. The Kier molecular flexibility index (Phi) is 6.76. The number of carbonyl (C=O) groups excluding carboxylic acids is 1. The molecular formula is C29H29N3O3S. The van der Waals surface area contributed by atoms with Gasteiger partial charge in [0.1, 0.15) is 0 Å². The molecule has 0 atom stereocenters. The second-order valence-corrected chi connectivity index (χ2v) is 10.7. The van der Waals surface area contributed by atoms with Gasteiger partial charge in [0.25, 0.3) is 10.0 Å². The highest BCUT2D eigenvalue weighted by Crippen LogP contribution is 2.37. The van der Waals surface area contributed by atoms with E-state index in [9.17, 15) is 13.2 Å². The third kappa shape index (κ3) is 4.85. The maximum atomic E-state index is 13.5. The minimum absolute atomic E-state index is 0.0179. The molecule has 1 aliphatic rings. The van der Waals surface area contributed by atoms with E-state index in [0.29, 0.717) is 42.7 Å². The largest absolute Gasteiger partial charge is 0.326 e. The lowest BCUT2D eigenvalue weighted by Crippen LogP contribution is -2.36. The molecule has 184 valence electrons. The Hall–Kier alpha value is -3.68. The molecule has 0 saturated carbocycles. The molecule has 0 aliphatic carbocycles. The van der Waals surface area contributed by atoms with E-state index in [4.69, 9.17) is 5.73 Å². The summed E-state index contributed by atoms with van der Waals surface area (Å²) in [5.41, 5.74) is 9.87. The van der Waals surface area contributed by atoms with Crippen LogP contribution in [0.2, 0.25) is 0 Å². The molecule has 0 spiro atoms. The number of hydrogen-bond acceptors (Lipinski definition) is 4. The predicted octanol–water partition coefficient (Wildman–Crippen LogP) is 5.01. The van der Waals surface area contributed by atoms with Crippen LogP contribution in [-0.4, -0.2) is 20.9 Å². The summed E-state index contributed by atoms with van der Waals surface area (Å²) in [5, 5.41) is 1.51. The van der Waals surface area contributed by atoms with Crippen LogP contribution in [0.3, 0.4) is 0 Å². The van der Waals surface area contributed by atoms with E-state index in [-0.39, 0.29) is 10.8 Å². The van der Waals surface area contributed by atoms with Gasteiger partial charge in [-0.3, -0.25) is 9.52 Å². The molecule has 1 heterocycles. The zero-order valence-corrected chi connectivity index (χ0v) is 20.8. The summed E-state index contributed by atoms with van der Waals surface area (Å²) in [4.78, 5) is 15.3. The number of amides is 1. The summed E-state index contributed by atoms with van der Waals surface area (Å²) < 4.78 is 29.8. The van der Waals surface area contributed by atoms with Crippen LogP contribution in [-0.2, 0) is 34.2 Å². The molecule has 1 aliphatic heterocycles. The monoisotopic (exact) mass is 499 g/mol. The van der Waals surface area contributed by atoms with Crippen molar-refractivity contribution in [3.63, 3.8) is 0 Å². The number of carbonyl (C=O) groups is 1. The molecule has 36 heavy (non-hydrogen) atoms. The maximum absolute atomic E-state index is 13.5. The van der Waals surface area contributed by atoms with E-state index < -0.39 is 10.0 Å². The van der Waals surface area contributed by atoms with Gasteiger partial charge in [-0.1, -0.05) is 72.8 Å². The minimum atomic E-state index is -3.88. The number of aryl methyl sites for hydroxylation is 2. The molecule has 0 unspecified atom stereocenters. The minimum Gasteiger partial charge on any atom is -0.326 e. The van der Waals surface area contributed by atoms with Crippen LogP contribution < -0.4 is 15.4 Å². The Labute approximate surface area is 211 Å². The fourth-order valence-electron chi connectivity index (χ4n) is 4.84. The second kappa shape index (κ2) is 10.1. The number of nitrogens with zero attached hydrogens (tertiary/aromatic N) is 1. The molecule has 0 bridgehead atoms. The zero-order chi connectivity index (χ0) is 25.1. The molecule has 0 radical (unpaired) electrons. The van der Waals surface area contributed by atoms with Crippen molar-refractivity contribution in [3.05, 3.63) is 102 Å². The third-order valence-electron chi connectivity index (χ3n) is 6.69. The Bertz CT molecular complexity index is 1510. The Balaban J connectivity index is 1.42. The number of rotatable bonds is 7. The normalized spacial score (nSPS) is 13.4. The first-order valence-electron chi connectivity index (χ1n) is 12.2. The van der Waals surface area contributed by atoms with Crippen LogP contribution in [0.1, 0.15) is 29.5 Å². The van der Waals surface area contributed by atoms with Crippen LogP contribution in [0.4, 0.5) is 11.4 Å². The lowest BCUT2D eigenvalue weighted by atomic mass is 9.99. The topological polar surface area (TPSA) is 92.5 Å². The first-order chi connectivity index (χ1) is 17.5. The average molecular weight is 500 g/mol. The first-order valence-corrected chi connectivity index (χ1v) is 13.7. The van der Waals surface area contributed by atoms with Crippen molar-refractivity contribution in [1.29, 1.82) is 0 Å².